The summed E-state index contributed by atoms with van der Waals surface area (Å²) in [4.78, 5) is 38.6. The van der Waals surface area contributed by atoms with Gasteiger partial charge in [-0.05, 0) is 23.8 Å². The molecule has 206 valence electrons. The van der Waals surface area contributed by atoms with Crippen molar-refractivity contribution in [1.29, 1.82) is 0 Å². The number of ether oxygens (including phenoxy) is 2. The zero-order valence-corrected chi connectivity index (χ0v) is 22.2. The Labute approximate surface area is 228 Å². The van der Waals surface area contributed by atoms with Gasteiger partial charge in [0.2, 0.25) is 11.8 Å². The summed E-state index contributed by atoms with van der Waals surface area (Å²) in [5.41, 5.74) is 0.816. The van der Waals surface area contributed by atoms with E-state index in [0.29, 0.717) is 5.75 Å². The number of amides is 3. The smallest absolute Gasteiger partial charge is 0.407 e. The van der Waals surface area contributed by atoms with Crippen LogP contribution in [-0.2, 0) is 20.9 Å². The van der Waals surface area contributed by atoms with Crippen molar-refractivity contribution >= 4 is 33.8 Å². The van der Waals surface area contributed by atoms with Crippen molar-refractivity contribution in [1.82, 2.24) is 15.5 Å². The van der Waals surface area contributed by atoms with Crippen LogP contribution in [0.5, 0.6) is 5.75 Å². The van der Waals surface area contributed by atoms with Gasteiger partial charge in [-0.3, -0.25) is 9.59 Å². The molecule has 0 aliphatic carbocycles. The van der Waals surface area contributed by atoms with Crippen LogP contribution in [0.15, 0.2) is 59.1 Å². The van der Waals surface area contributed by atoms with Crippen molar-refractivity contribution in [3.8, 4) is 5.75 Å². The monoisotopic (exact) mass is 593 g/mol. The molecule has 12 heteroatoms. The fraction of sp³-hybridized carbons (Fsp3) is 0.423. The van der Waals surface area contributed by atoms with E-state index in [4.69, 9.17) is 9.47 Å². The molecule has 3 rings (SSSR count). The van der Waals surface area contributed by atoms with Gasteiger partial charge in [0.1, 0.15) is 24.5 Å². The first-order chi connectivity index (χ1) is 18.3. The van der Waals surface area contributed by atoms with Crippen LogP contribution in [0, 0.1) is 5.92 Å². The Morgan fingerprint density at radius 2 is 1.84 bits per heavy atom. The molecular weight excluding hydrogens is 562 g/mol. The van der Waals surface area contributed by atoms with Crippen molar-refractivity contribution in [2.45, 2.75) is 31.3 Å². The molecule has 0 saturated carbocycles. The third-order valence-corrected chi connectivity index (χ3v) is 6.45. The molecular formula is C26H32BrN3O8. The van der Waals surface area contributed by atoms with Gasteiger partial charge < -0.3 is 40.3 Å². The number of carbonyl (C=O) groups is 3. The Balaban J connectivity index is 1.45. The van der Waals surface area contributed by atoms with E-state index >= 15 is 0 Å². The second-order valence-electron chi connectivity index (χ2n) is 8.85. The number of alkyl carbamates (subject to hydrolysis) is 1. The molecule has 0 bridgehead atoms. The molecule has 4 atom stereocenters. The highest BCUT2D eigenvalue weighted by Crippen LogP contribution is 2.21. The highest BCUT2D eigenvalue weighted by Gasteiger charge is 2.46. The number of aliphatic hydroxyl groups excluding tert-OH is 3. The van der Waals surface area contributed by atoms with Crippen molar-refractivity contribution in [3.63, 3.8) is 0 Å². The first kappa shape index (κ1) is 29.4. The molecule has 38 heavy (non-hydrogen) atoms. The molecule has 1 aliphatic rings. The van der Waals surface area contributed by atoms with Gasteiger partial charge in [-0.1, -0.05) is 52.3 Å². The molecule has 1 heterocycles. The molecule has 2 aromatic carbocycles. The molecule has 1 aliphatic heterocycles. The van der Waals surface area contributed by atoms with E-state index in [2.05, 4.69) is 26.6 Å². The molecule has 0 aromatic heterocycles. The SMILES string of the molecule is O=C(NCCC(=O)N1C[C@H](O)[C@H](O)[C@H]1C(=O)NC[C@@H](CO)COc1cccc(Br)c1)OCc1ccccc1. The summed E-state index contributed by atoms with van der Waals surface area (Å²) in [7, 11) is 0. The number of β-amino-alcohol motifs (C(OH)–C–C–N with tert-alkyl or cyclic N) is 1. The number of rotatable bonds is 12. The lowest BCUT2D eigenvalue weighted by atomic mass is 10.1. The molecule has 1 fully saturated rings. The number of carbonyl (C=O) groups excluding carboxylic acids is 3. The molecule has 3 amide bonds. The van der Waals surface area contributed by atoms with Gasteiger partial charge in [-0.25, -0.2) is 4.79 Å². The lowest BCUT2D eigenvalue weighted by Gasteiger charge is -2.26. The van der Waals surface area contributed by atoms with Crippen molar-refractivity contribution < 1.29 is 39.2 Å². The Morgan fingerprint density at radius 3 is 2.55 bits per heavy atom. The maximum Gasteiger partial charge on any atom is 0.407 e. The zero-order chi connectivity index (χ0) is 27.5. The Hall–Kier alpha value is -3.19. The predicted molar refractivity (Wildman–Crippen MR) is 140 cm³/mol. The third kappa shape index (κ3) is 8.69. The maximum atomic E-state index is 12.9. The minimum Gasteiger partial charge on any atom is -0.493 e. The number of nitrogens with zero attached hydrogens (tertiary/aromatic N) is 1. The van der Waals surface area contributed by atoms with Crippen LogP contribution in [0.25, 0.3) is 0 Å². The maximum absolute atomic E-state index is 12.9. The number of hydrogen-bond donors (Lipinski definition) is 5. The van der Waals surface area contributed by atoms with E-state index in [1.165, 1.54) is 0 Å². The highest BCUT2D eigenvalue weighted by molar-refractivity contribution is 9.10. The third-order valence-electron chi connectivity index (χ3n) is 5.95. The molecule has 5 N–H and O–H groups in total. The van der Waals surface area contributed by atoms with Gasteiger partial charge in [0.25, 0.3) is 0 Å². The van der Waals surface area contributed by atoms with Gasteiger partial charge >= 0.3 is 6.09 Å². The number of benzene rings is 2. The number of nitrogens with one attached hydrogen (secondary N) is 2. The van der Waals surface area contributed by atoms with Gasteiger partial charge in [-0.2, -0.15) is 0 Å². The van der Waals surface area contributed by atoms with Crippen molar-refractivity contribution in [2.24, 2.45) is 5.92 Å². The Morgan fingerprint density at radius 1 is 1.08 bits per heavy atom. The quantitative estimate of drug-likeness (QED) is 0.242. The average molecular weight is 594 g/mol. The number of hydrogen-bond acceptors (Lipinski definition) is 8. The van der Waals surface area contributed by atoms with Gasteiger partial charge in [-0.15, -0.1) is 0 Å². The zero-order valence-electron chi connectivity index (χ0n) is 20.7. The second-order valence-corrected chi connectivity index (χ2v) is 9.77. The first-order valence-electron chi connectivity index (χ1n) is 12.2. The highest BCUT2D eigenvalue weighted by atomic mass is 79.9. The van der Waals surface area contributed by atoms with Crippen molar-refractivity contribution in [3.05, 3.63) is 64.6 Å². The second kappa shape index (κ2) is 14.7. The summed E-state index contributed by atoms with van der Waals surface area (Å²) in [5.74, 6) is -1.05. The summed E-state index contributed by atoms with van der Waals surface area (Å²) < 4.78 is 11.6. The fourth-order valence-electron chi connectivity index (χ4n) is 3.86. The minimum absolute atomic E-state index is 0.0273. The van der Waals surface area contributed by atoms with Gasteiger partial charge in [0.15, 0.2) is 0 Å². The Bertz CT molecular complexity index is 1070. The van der Waals surface area contributed by atoms with Crippen LogP contribution < -0.4 is 15.4 Å². The molecule has 1 saturated heterocycles. The standard InChI is InChI=1S/C26H32BrN3O8/c27-19-7-4-8-20(11-19)37-16-18(14-31)12-29-25(35)23-24(34)21(32)13-30(23)22(33)9-10-28-26(36)38-15-17-5-2-1-3-6-17/h1-8,11,18,21,23-24,31-32,34H,9-10,12-16H2,(H,28,36)(H,29,35)/t18-,21-,23-,24-/m0/s1. The summed E-state index contributed by atoms with van der Waals surface area (Å²) in [6.45, 7) is -0.318. The van der Waals surface area contributed by atoms with E-state index in [1.807, 2.05) is 36.4 Å². The van der Waals surface area contributed by atoms with Crippen LogP contribution in [0.4, 0.5) is 4.79 Å². The van der Waals surface area contributed by atoms with Crippen LogP contribution >= 0.6 is 15.9 Å². The van der Waals surface area contributed by atoms with Crippen LogP contribution in [0.1, 0.15) is 12.0 Å². The van der Waals surface area contributed by atoms with E-state index in [-0.39, 0.29) is 45.9 Å². The number of aliphatic hydroxyl groups is 3. The van der Waals surface area contributed by atoms with Gasteiger partial charge in [0.05, 0.1) is 25.9 Å². The first-order valence-corrected chi connectivity index (χ1v) is 12.9. The summed E-state index contributed by atoms with van der Waals surface area (Å²) >= 11 is 3.35. The summed E-state index contributed by atoms with van der Waals surface area (Å²) in [6, 6.07) is 15.0. The molecule has 2 aromatic rings. The predicted octanol–water partition coefficient (Wildman–Crippen LogP) is 0.802. The molecule has 0 spiro atoms. The number of halogens is 1. The Kier molecular flexibility index (Phi) is 11.3. The van der Waals surface area contributed by atoms with E-state index in [0.717, 1.165) is 14.9 Å². The summed E-state index contributed by atoms with van der Waals surface area (Å²) in [6.07, 6.45) is -3.64. The summed E-state index contributed by atoms with van der Waals surface area (Å²) in [5, 5.41) is 35.2. The van der Waals surface area contributed by atoms with Gasteiger partial charge in [0, 0.05) is 29.9 Å². The molecule has 0 radical (unpaired) electrons. The van der Waals surface area contributed by atoms with Crippen LogP contribution in [-0.4, -0.2) is 89.2 Å². The molecule has 0 unspecified atom stereocenters. The van der Waals surface area contributed by atoms with E-state index < -0.39 is 42.1 Å². The minimum atomic E-state index is -1.48. The largest absolute Gasteiger partial charge is 0.493 e. The van der Waals surface area contributed by atoms with Crippen molar-refractivity contribution in [2.75, 3.05) is 32.8 Å². The fourth-order valence-corrected chi connectivity index (χ4v) is 4.24. The normalized spacial score (nSPS) is 19.5. The lowest BCUT2D eigenvalue weighted by Crippen LogP contribution is -2.52. The van der Waals surface area contributed by atoms with E-state index in [9.17, 15) is 29.7 Å². The average Bonchev–Trinajstić information content (AvgIpc) is 3.22. The number of likely N-dealkylation sites (tertiary alicyclic amines) is 1. The van der Waals surface area contributed by atoms with Crippen LogP contribution in [0.2, 0.25) is 0 Å². The lowest BCUT2D eigenvalue weighted by molar-refractivity contribution is -0.140. The van der Waals surface area contributed by atoms with E-state index in [1.54, 1.807) is 18.2 Å². The molecule has 11 nitrogen and oxygen atoms in total. The van der Waals surface area contributed by atoms with Crippen LogP contribution in [0.3, 0.4) is 0 Å². The topological polar surface area (TPSA) is 158 Å².